The van der Waals surface area contributed by atoms with E-state index in [1.54, 1.807) is 0 Å². The molecular weight excluding hydrogens is 290 g/mol. The van der Waals surface area contributed by atoms with E-state index in [1.165, 1.54) is 5.56 Å². The Bertz CT molecular complexity index is 565. The summed E-state index contributed by atoms with van der Waals surface area (Å²) in [5.41, 5.74) is 1.17. The molecule has 0 amide bonds. The molecule has 0 spiro atoms. The standard InChI is InChI=1S/C19H23NO3/c1-2-4-17(5-3-1)16-23-19-8-6-18(7-9-19)22-15-12-20-10-13-21-14-11-20/h1-9H,10-16H2. The fourth-order valence-electron chi connectivity index (χ4n) is 2.49. The average Bonchev–Trinajstić information content (AvgIpc) is 2.63. The van der Waals surface area contributed by atoms with Crippen LogP contribution in [-0.2, 0) is 11.3 Å². The number of morpholine rings is 1. The van der Waals surface area contributed by atoms with Gasteiger partial charge in [-0.25, -0.2) is 0 Å². The summed E-state index contributed by atoms with van der Waals surface area (Å²) >= 11 is 0. The minimum atomic E-state index is 0.581. The van der Waals surface area contributed by atoms with Crippen molar-refractivity contribution in [3.63, 3.8) is 0 Å². The first kappa shape index (κ1) is 15.8. The van der Waals surface area contributed by atoms with Gasteiger partial charge in [0.05, 0.1) is 13.2 Å². The molecule has 122 valence electrons. The maximum Gasteiger partial charge on any atom is 0.120 e. The summed E-state index contributed by atoms with van der Waals surface area (Å²) in [6.45, 7) is 5.87. The van der Waals surface area contributed by atoms with E-state index in [2.05, 4.69) is 17.0 Å². The molecule has 0 unspecified atom stereocenters. The zero-order chi connectivity index (χ0) is 15.7. The van der Waals surface area contributed by atoms with Crippen LogP contribution in [0, 0.1) is 0 Å². The molecule has 1 aliphatic heterocycles. The Balaban J connectivity index is 1.40. The van der Waals surface area contributed by atoms with Gasteiger partial charge < -0.3 is 14.2 Å². The van der Waals surface area contributed by atoms with Gasteiger partial charge in [0, 0.05) is 19.6 Å². The molecule has 0 bridgehead atoms. The zero-order valence-corrected chi connectivity index (χ0v) is 13.3. The Morgan fingerprint density at radius 2 is 1.48 bits per heavy atom. The van der Waals surface area contributed by atoms with E-state index in [0.29, 0.717) is 13.2 Å². The smallest absolute Gasteiger partial charge is 0.120 e. The Morgan fingerprint density at radius 1 is 0.826 bits per heavy atom. The minimum Gasteiger partial charge on any atom is -0.492 e. The molecular formula is C19H23NO3. The third-order valence-corrected chi connectivity index (χ3v) is 3.85. The second kappa shape index (κ2) is 8.56. The molecule has 0 atom stereocenters. The van der Waals surface area contributed by atoms with Crippen molar-refractivity contribution in [2.24, 2.45) is 0 Å². The highest BCUT2D eigenvalue weighted by molar-refractivity contribution is 5.31. The molecule has 1 aliphatic rings. The van der Waals surface area contributed by atoms with Crippen LogP contribution in [0.5, 0.6) is 11.5 Å². The number of hydrogen-bond donors (Lipinski definition) is 0. The van der Waals surface area contributed by atoms with E-state index in [4.69, 9.17) is 14.2 Å². The predicted octanol–water partition coefficient (Wildman–Crippen LogP) is 2.98. The Kier molecular flexibility index (Phi) is 5.89. The van der Waals surface area contributed by atoms with E-state index < -0.39 is 0 Å². The highest BCUT2D eigenvalue weighted by atomic mass is 16.5. The Hall–Kier alpha value is -2.04. The lowest BCUT2D eigenvalue weighted by molar-refractivity contribution is 0.0322. The Morgan fingerprint density at radius 3 is 2.17 bits per heavy atom. The van der Waals surface area contributed by atoms with Gasteiger partial charge in [0.15, 0.2) is 0 Å². The first-order valence-electron chi connectivity index (χ1n) is 8.10. The lowest BCUT2D eigenvalue weighted by Crippen LogP contribution is -2.38. The van der Waals surface area contributed by atoms with Crippen molar-refractivity contribution >= 4 is 0 Å². The second-order valence-electron chi connectivity index (χ2n) is 5.55. The topological polar surface area (TPSA) is 30.9 Å². The number of nitrogens with zero attached hydrogens (tertiary/aromatic N) is 1. The molecule has 1 fully saturated rings. The largest absolute Gasteiger partial charge is 0.492 e. The molecule has 1 heterocycles. The lowest BCUT2D eigenvalue weighted by atomic mass is 10.2. The monoisotopic (exact) mass is 313 g/mol. The molecule has 23 heavy (non-hydrogen) atoms. The first-order chi connectivity index (χ1) is 11.4. The number of benzene rings is 2. The Labute approximate surface area is 137 Å². The molecule has 0 aliphatic carbocycles. The molecule has 4 heteroatoms. The molecule has 3 rings (SSSR count). The van der Waals surface area contributed by atoms with Crippen LogP contribution in [0.2, 0.25) is 0 Å². The zero-order valence-electron chi connectivity index (χ0n) is 13.3. The van der Waals surface area contributed by atoms with Crippen LogP contribution in [0.3, 0.4) is 0 Å². The van der Waals surface area contributed by atoms with Crippen molar-refractivity contribution in [1.82, 2.24) is 4.90 Å². The molecule has 1 saturated heterocycles. The molecule has 0 saturated carbocycles. The van der Waals surface area contributed by atoms with Gasteiger partial charge in [-0.3, -0.25) is 4.90 Å². The van der Waals surface area contributed by atoms with Crippen LogP contribution in [0.4, 0.5) is 0 Å². The van der Waals surface area contributed by atoms with Crippen molar-refractivity contribution in [2.45, 2.75) is 6.61 Å². The third kappa shape index (κ3) is 5.27. The normalized spacial score (nSPS) is 15.3. The predicted molar refractivity (Wildman–Crippen MR) is 90.0 cm³/mol. The number of ether oxygens (including phenoxy) is 3. The van der Waals surface area contributed by atoms with Crippen molar-refractivity contribution < 1.29 is 14.2 Å². The van der Waals surface area contributed by atoms with E-state index >= 15 is 0 Å². The fourth-order valence-corrected chi connectivity index (χ4v) is 2.49. The highest BCUT2D eigenvalue weighted by Gasteiger charge is 2.09. The van der Waals surface area contributed by atoms with Gasteiger partial charge in [-0.1, -0.05) is 30.3 Å². The van der Waals surface area contributed by atoms with Gasteiger partial charge in [-0.2, -0.15) is 0 Å². The van der Waals surface area contributed by atoms with Crippen LogP contribution >= 0.6 is 0 Å². The molecule has 0 radical (unpaired) electrons. The summed E-state index contributed by atoms with van der Waals surface area (Å²) in [4.78, 5) is 2.36. The number of hydrogen-bond acceptors (Lipinski definition) is 4. The fraction of sp³-hybridized carbons (Fsp3) is 0.368. The number of rotatable bonds is 7. The summed E-state index contributed by atoms with van der Waals surface area (Å²) in [6, 6.07) is 18.0. The van der Waals surface area contributed by atoms with Crippen molar-refractivity contribution in [2.75, 3.05) is 39.5 Å². The van der Waals surface area contributed by atoms with Gasteiger partial charge in [-0.05, 0) is 29.8 Å². The molecule has 0 N–H and O–H groups in total. The molecule has 4 nitrogen and oxygen atoms in total. The van der Waals surface area contributed by atoms with E-state index in [9.17, 15) is 0 Å². The van der Waals surface area contributed by atoms with Crippen LogP contribution in [0.1, 0.15) is 5.56 Å². The molecule has 2 aromatic carbocycles. The first-order valence-corrected chi connectivity index (χ1v) is 8.10. The molecule has 2 aromatic rings. The van der Waals surface area contributed by atoms with Crippen molar-refractivity contribution in [3.05, 3.63) is 60.2 Å². The SMILES string of the molecule is c1ccc(COc2ccc(OCCN3CCOCC3)cc2)cc1. The van der Waals surface area contributed by atoms with Crippen molar-refractivity contribution in [1.29, 1.82) is 0 Å². The van der Waals surface area contributed by atoms with E-state index in [0.717, 1.165) is 44.3 Å². The lowest BCUT2D eigenvalue weighted by Gasteiger charge is -2.26. The maximum atomic E-state index is 5.79. The van der Waals surface area contributed by atoms with E-state index in [1.807, 2.05) is 42.5 Å². The summed E-state index contributed by atoms with van der Waals surface area (Å²) in [7, 11) is 0. The third-order valence-electron chi connectivity index (χ3n) is 3.85. The summed E-state index contributed by atoms with van der Waals surface area (Å²) < 4.78 is 16.9. The van der Waals surface area contributed by atoms with Gasteiger partial charge in [-0.15, -0.1) is 0 Å². The maximum absolute atomic E-state index is 5.79. The summed E-state index contributed by atoms with van der Waals surface area (Å²) in [5.74, 6) is 1.74. The minimum absolute atomic E-state index is 0.581. The summed E-state index contributed by atoms with van der Waals surface area (Å²) in [5, 5.41) is 0. The van der Waals surface area contributed by atoms with Crippen molar-refractivity contribution in [3.8, 4) is 11.5 Å². The second-order valence-corrected chi connectivity index (χ2v) is 5.55. The van der Waals surface area contributed by atoms with Gasteiger partial charge in [0.1, 0.15) is 24.7 Å². The van der Waals surface area contributed by atoms with Gasteiger partial charge in [0.25, 0.3) is 0 Å². The average molecular weight is 313 g/mol. The summed E-state index contributed by atoms with van der Waals surface area (Å²) in [6.07, 6.45) is 0. The highest BCUT2D eigenvalue weighted by Crippen LogP contribution is 2.18. The van der Waals surface area contributed by atoms with Gasteiger partial charge >= 0.3 is 0 Å². The van der Waals surface area contributed by atoms with Crippen LogP contribution < -0.4 is 9.47 Å². The quantitative estimate of drug-likeness (QED) is 0.786. The van der Waals surface area contributed by atoms with Crippen LogP contribution in [0.15, 0.2) is 54.6 Å². The van der Waals surface area contributed by atoms with Gasteiger partial charge in [0.2, 0.25) is 0 Å². The molecule has 0 aromatic heterocycles. The van der Waals surface area contributed by atoms with Crippen LogP contribution in [-0.4, -0.2) is 44.4 Å². The van der Waals surface area contributed by atoms with E-state index in [-0.39, 0.29) is 0 Å². The van der Waals surface area contributed by atoms with Crippen LogP contribution in [0.25, 0.3) is 0 Å².